The van der Waals surface area contributed by atoms with Crippen molar-refractivity contribution in [3.05, 3.63) is 42.2 Å². The van der Waals surface area contributed by atoms with Gasteiger partial charge in [0.1, 0.15) is 0 Å². The van der Waals surface area contributed by atoms with Crippen LogP contribution in [0, 0.1) is 0 Å². The zero-order valence-corrected chi connectivity index (χ0v) is 12.4. The molecule has 6 nitrogen and oxygen atoms in total. The number of hydrogen-bond donors (Lipinski definition) is 3. The van der Waals surface area contributed by atoms with E-state index in [0.717, 1.165) is 18.5 Å². The summed E-state index contributed by atoms with van der Waals surface area (Å²) in [6, 6.07) is 7.68. The summed E-state index contributed by atoms with van der Waals surface area (Å²) in [6.45, 7) is 0.935. The van der Waals surface area contributed by atoms with E-state index >= 15 is 0 Å². The van der Waals surface area contributed by atoms with Gasteiger partial charge in [-0.3, -0.25) is 9.82 Å². The molecular formula is C14H18N4O2S. The van der Waals surface area contributed by atoms with Gasteiger partial charge in [0.15, 0.2) is 0 Å². The fourth-order valence-corrected chi connectivity index (χ4v) is 3.10. The molecule has 3 N–H and O–H groups in total. The summed E-state index contributed by atoms with van der Waals surface area (Å²) in [5.41, 5.74) is 1.55. The highest BCUT2D eigenvalue weighted by Crippen LogP contribution is 2.19. The first kappa shape index (κ1) is 14.1. The van der Waals surface area contributed by atoms with Gasteiger partial charge in [-0.15, -0.1) is 0 Å². The van der Waals surface area contributed by atoms with Crippen molar-refractivity contribution in [2.75, 3.05) is 11.3 Å². The number of anilines is 1. The summed E-state index contributed by atoms with van der Waals surface area (Å²) >= 11 is 0. The molecule has 0 saturated heterocycles. The molecule has 0 spiro atoms. The molecule has 1 aliphatic rings. The molecule has 0 atom stereocenters. The van der Waals surface area contributed by atoms with Gasteiger partial charge < -0.3 is 5.32 Å². The van der Waals surface area contributed by atoms with E-state index < -0.39 is 10.0 Å². The predicted molar refractivity (Wildman–Crippen MR) is 80.6 cm³/mol. The van der Waals surface area contributed by atoms with E-state index in [9.17, 15) is 8.42 Å². The molecule has 21 heavy (non-hydrogen) atoms. The quantitative estimate of drug-likeness (QED) is 0.723. The minimum Gasteiger partial charge on any atom is -0.314 e. The Balaban J connectivity index is 1.62. The lowest BCUT2D eigenvalue weighted by atomic mass is 10.1. The van der Waals surface area contributed by atoms with Crippen molar-refractivity contribution in [1.82, 2.24) is 15.5 Å². The normalized spacial score (nSPS) is 15.0. The molecule has 1 aliphatic carbocycles. The van der Waals surface area contributed by atoms with Crippen LogP contribution in [-0.2, 0) is 16.4 Å². The predicted octanol–water partition coefficient (Wildman–Crippen LogP) is 1.50. The molecule has 0 amide bonds. The second-order valence-corrected chi connectivity index (χ2v) is 6.90. The summed E-state index contributed by atoms with van der Waals surface area (Å²) in [5, 5.41) is 9.71. The van der Waals surface area contributed by atoms with E-state index in [-0.39, 0.29) is 4.90 Å². The standard InChI is InChI=1S/C14H18N4O2S/c19-21(20,18-13-9-16-17-10-13)14-5-1-11(2-6-14)7-8-15-12-3-4-12/h1-2,5-6,9-10,12,15,18H,3-4,7-8H2,(H,16,17). The Hall–Kier alpha value is -1.86. The molecule has 1 fully saturated rings. The first-order chi connectivity index (χ1) is 10.1. The molecule has 1 heterocycles. The van der Waals surface area contributed by atoms with Crippen LogP contribution in [0.5, 0.6) is 0 Å². The number of benzene rings is 1. The van der Waals surface area contributed by atoms with E-state index in [1.54, 1.807) is 12.1 Å². The van der Waals surface area contributed by atoms with Gasteiger partial charge >= 0.3 is 0 Å². The van der Waals surface area contributed by atoms with Gasteiger partial charge in [0.25, 0.3) is 10.0 Å². The van der Waals surface area contributed by atoms with Gasteiger partial charge in [0.2, 0.25) is 0 Å². The molecule has 1 saturated carbocycles. The van der Waals surface area contributed by atoms with Crippen molar-refractivity contribution in [1.29, 1.82) is 0 Å². The van der Waals surface area contributed by atoms with Gasteiger partial charge in [0, 0.05) is 12.2 Å². The van der Waals surface area contributed by atoms with Crippen LogP contribution >= 0.6 is 0 Å². The molecule has 0 bridgehead atoms. The molecule has 112 valence electrons. The van der Waals surface area contributed by atoms with Crippen LogP contribution < -0.4 is 10.0 Å². The first-order valence-corrected chi connectivity index (χ1v) is 8.46. The van der Waals surface area contributed by atoms with Crippen LogP contribution in [0.2, 0.25) is 0 Å². The van der Waals surface area contributed by atoms with Crippen LogP contribution in [0.15, 0.2) is 41.6 Å². The summed E-state index contributed by atoms with van der Waals surface area (Å²) in [5.74, 6) is 0. The lowest BCUT2D eigenvalue weighted by Crippen LogP contribution is -2.19. The first-order valence-electron chi connectivity index (χ1n) is 6.97. The smallest absolute Gasteiger partial charge is 0.261 e. The lowest BCUT2D eigenvalue weighted by Gasteiger charge is -2.07. The zero-order chi connectivity index (χ0) is 14.7. The summed E-state index contributed by atoms with van der Waals surface area (Å²) in [6.07, 6.45) is 6.38. The van der Waals surface area contributed by atoms with Crippen molar-refractivity contribution in [3.8, 4) is 0 Å². The van der Waals surface area contributed by atoms with E-state index in [4.69, 9.17) is 0 Å². The Morgan fingerprint density at radius 2 is 2.00 bits per heavy atom. The third kappa shape index (κ3) is 3.83. The van der Waals surface area contributed by atoms with Crippen molar-refractivity contribution in [2.24, 2.45) is 0 Å². The van der Waals surface area contributed by atoms with Crippen molar-refractivity contribution in [2.45, 2.75) is 30.2 Å². The number of aromatic nitrogens is 2. The molecule has 0 radical (unpaired) electrons. The second kappa shape index (κ2) is 5.87. The van der Waals surface area contributed by atoms with Crippen LogP contribution in [0.3, 0.4) is 0 Å². The fourth-order valence-electron chi connectivity index (χ4n) is 2.06. The third-order valence-corrected chi connectivity index (χ3v) is 4.81. The lowest BCUT2D eigenvalue weighted by molar-refractivity contribution is 0.601. The molecule has 1 aromatic carbocycles. The molecule has 2 aromatic rings. The largest absolute Gasteiger partial charge is 0.314 e. The van der Waals surface area contributed by atoms with Gasteiger partial charge in [0.05, 0.1) is 16.8 Å². The Labute approximate surface area is 124 Å². The number of hydrogen-bond acceptors (Lipinski definition) is 4. The number of nitrogens with zero attached hydrogens (tertiary/aromatic N) is 1. The minimum atomic E-state index is -3.55. The number of sulfonamides is 1. The van der Waals surface area contributed by atoms with Gasteiger partial charge in [-0.25, -0.2) is 8.42 Å². The SMILES string of the molecule is O=S(=O)(Nc1cn[nH]c1)c1ccc(CCNC2CC2)cc1. The monoisotopic (exact) mass is 306 g/mol. The number of nitrogens with one attached hydrogen (secondary N) is 3. The highest BCUT2D eigenvalue weighted by Gasteiger charge is 2.19. The van der Waals surface area contributed by atoms with E-state index in [1.165, 1.54) is 25.2 Å². The Morgan fingerprint density at radius 1 is 1.24 bits per heavy atom. The summed E-state index contributed by atoms with van der Waals surface area (Å²) in [4.78, 5) is 0.252. The van der Waals surface area contributed by atoms with Crippen molar-refractivity contribution in [3.63, 3.8) is 0 Å². The number of H-pyrrole nitrogens is 1. The van der Waals surface area contributed by atoms with Crippen LogP contribution in [0.4, 0.5) is 5.69 Å². The average Bonchev–Trinajstić information content (AvgIpc) is 3.15. The maximum atomic E-state index is 12.2. The molecule has 3 rings (SSSR count). The van der Waals surface area contributed by atoms with Gasteiger partial charge in [-0.1, -0.05) is 12.1 Å². The molecular weight excluding hydrogens is 288 g/mol. The molecule has 1 aromatic heterocycles. The second-order valence-electron chi connectivity index (χ2n) is 5.21. The van der Waals surface area contributed by atoms with E-state index in [2.05, 4.69) is 20.2 Å². The molecule has 0 aliphatic heterocycles. The highest BCUT2D eigenvalue weighted by atomic mass is 32.2. The maximum absolute atomic E-state index is 12.2. The van der Waals surface area contributed by atoms with E-state index in [0.29, 0.717) is 11.7 Å². The van der Waals surface area contributed by atoms with Gasteiger partial charge in [-0.05, 0) is 43.5 Å². The number of rotatable bonds is 7. The Morgan fingerprint density at radius 3 is 2.62 bits per heavy atom. The Kier molecular flexibility index (Phi) is 3.94. The van der Waals surface area contributed by atoms with Crippen molar-refractivity contribution >= 4 is 15.7 Å². The highest BCUT2D eigenvalue weighted by molar-refractivity contribution is 7.92. The van der Waals surface area contributed by atoms with Crippen LogP contribution in [0.25, 0.3) is 0 Å². The fraction of sp³-hybridized carbons (Fsp3) is 0.357. The summed E-state index contributed by atoms with van der Waals surface area (Å²) < 4.78 is 26.8. The van der Waals surface area contributed by atoms with Crippen LogP contribution in [0.1, 0.15) is 18.4 Å². The number of aromatic amines is 1. The molecule has 0 unspecified atom stereocenters. The Bertz CT molecular complexity index is 676. The van der Waals surface area contributed by atoms with Crippen LogP contribution in [-0.4, -0.2) is 31.2 Å². The van der Waals surface area contributed by atoms with Crippen molar-refractivity contribution < 1.29 is 8.42 Å². The zero-order valence-electron chi connectivity index (χ0n) is 11.5. The van der Waals surface area contributed by atoms with E-state index in [1.807, 2.05) is 12.1 Å². The average molecular weight is 306 g/mol. The summed E-state index contributed by atoms with van der Waals surface area (Å²) in [7, 11) is -3.55. The minimum absolute atomic E-state index is 0.252. The third-order valence-electron chi connectivity index (χ3n) is 3.41. The topological polar surface area (TPSA) is 86.9 Å². The van der Waals surface area contributed by atoms with Gasteiger partial charge in [-0.2, -0.15) is 5.10 Å². The molecule has 7 heteroatoms. The maximum Gasteiger partial charge on any atom is 0.261 e.